The number of hydrogen-bond donors (Lipinski definition) is 2. The van der Waals surface area contributed by atoms with Crippen molar-refractivity contribution in [3.63, 3.8) is 0 Å². The number of amides is 2. The van der Waals surface area contributed by atoms with Crippen LogP contribution in [0.3, 0.4) is 0 Å². The molecule has 0 spiro atoms. The number of benzene rings is 2. The number of aliphatic carboxylic acids is 1. The molecule has 2 atom stereocenters. The van der Waals surface area contributed by atoms with Crippen molar-refractivity contribution < 1.29 is 24.6 Å². The highest BCUT2D eigenvalue weighted by Gasteiger charge is 2.36. The number of nitrogens with zero attached hydrogens (tertiary/aromatic N) is 2. The maximum Gasteiger partial charge on any atom is 0.309 e. The van der Waals surface area contributed by atoms with E-state index in [1.165, 1.54) is 0 Å². The zero-order chi connectivity index (χ0) is 24.2. The lowest BCUT2D eigenvalue weighted by atomic mass is 9.93. The summed E-state index contributed by atoms with van der Waals surface area (Å²) in [6, 6.07) is 18.4. The van der Waals surface area contributed by atoms with E-state index in [-0.39, 0.29) is 19.4 Å². The van der Waals surface area contributed by atoms with Crippen molar-refractivity contribution in [2.24, 2.45) is 5.92 Å². The average molecular weight is 459 g/mol. The molecule has 1 aromatic heterocycles. The van der Waals surface area contributed by atoms with E-state index in [0.29, 0.717) is 17.5 Å². The summed E-state index contributed by atoms with van der Waals surface area (Å²) < 4.78 is 0. The molecule has 4 rings (SSSR count). The number of aliphatic hydroxyl groups is 1. The molecular formula is C27H26N2O5. The minimum atomic E-state index is -1.15. The molecule has 0 aliphatic carbocycles. The molecule has 0 saturated heterocycles. The first kappa shape index (κ1) is 23.3. The van der Waals surface area contributed by atoms with Crippen LogP contribution in [0.1, 0.15) is 44.8 Å². The normalized spacial score (nSPS) is 14.7. The number of hydrogen-bond acceptors (Lipinski definition) is 5. The van der Waals surface area contributed by atoms with Gasteiger partial charge in [0.2, 0.25) is 0 Å². The van der Waals surface area contributed by atoms with Crippen LogP contribution in [0, 0.1) is 12.8 Å². The van der Waals surface area contributed by atoms with Crippen LogP contribution >= 0.6 is 0 Å². The van der Waals surface area contributed by atoms with Gasteiger partial charge in [0.25, 0.3) is 11.8 Å². The third-order valence-corrected chi connectivity index (χ3v) is 6.25. The number of pyridine rings is 1. The molecule has 7 heteroatoms. The summed E-state index contributed by atoms with van der Waals surface area (Å²) in [6.45, 7) is 1.88. The number of carbonyl (C=O) groups is 3. The van der Waals surface area contributed by atoms with Crippen molar-refractivity contribution >= 4 is 17.8 Å². The SMILES string of the molecule is Cc1ccc(-c2ccc(CC[C@@H](O)[C@H](CCN3C(=O)c4ccccc4C3=O)C(=O)O)cc2)cn1. The number of carboxylic acid groups (broad SMARTS) is 1. The molecule has 0 fully saturated rings. The van der Waals surface area contributed by atoms with Gasteiger partial charge in [-0.1, -0.05) is 42.5 Å². The standard InChI is InChI=1S/C27H26N2O5/c1-17-6-10-20(16-28-17)19-11-7-18(8-12-19)9-13-24(30)23(27(33)34)14-15-29-25(31)21-4-2-3-5-22(21)26(29)32/h2-8,10-12,16,23-24,30H,9,13-15H2,1H3,(H,33,34)/t23-,24+/m0/s1. The molecule has 2 aromatic carbocycles. The Balaban J connectivity index is 1.34. The Bertz CT molecular complexity index is 1170. The van der Waals surface area contributed by atoms with Crippen molar-refractivity contribution in [2.45, 2.75) is 32.3 Å². The molecule has 1 aliphatic heterocycles. The van der Waals surface area contributed by atoms with Crippen LogP contribution in [-0.2, 0) is 11.2 Å². The molecule has 1 aliphatic rings. The Kier molecular flexibility index (Phi) is 6.84. The molecule has 174 valence electrons. The highest BCUT2D eigenvalue weighted by Crippen LogP contribution is 2.25. The molecule has 0 radical (unpaired) electrons. The van der Waals surface area contributed by atoms with E-state index in [9.17, 15) is 24.6 Å². The molecule has 0 bridgehead atoms. The van der Waals surface area contributed by atoms with Crippen LogP contribution in [0.2, 0.25) is 0 Å². The minimum absolute atomic E-state index is 0.0126. The summed E-state index contributed by atoms with van der Waals surface area (Å²) in [6.07, 6.45) is 1.46. The number of imide groups is 1. The van der Waals surface area contributed by atoms with E-state index >= 15 is 0 Å². The number of aliphatic hydroxyl groups excluding tert-OH is 1. The molecule has 2 amide bonds. The van der Waals surface area contributed by atoms with Gasteiger partial charge in [-0.2, -0.15) is 0 Å². The van der Waals surface area contributed by atoms with Gasteiger partial charge in [0.1, 0.15) is 0 Å². The summed E-state index contributed by atoms with van der Waals surface area (Å²) in [5.74, 6) is -3.08. The van der Waals surface area contributed by atoms with Crippen molar-refractivity contribution in [2.75, 3.05) is 6.54 Å². The fourth-order valence-electron chi connectivity index (χ4n) is 4.21. The van der Waals surface area contributed by atoms with E-state index in [0.717, 1.165) is 27.3 Å². The summed E-state index contributed by atoms with van der Waals surface area (Å²) in [5, 5.41) is 20.2. The predicted octanol–water partition coefficient (Wildman–Crippen LogP) is 3.74. The van der Waals surface area contributed by atoms with Gasteiger partial charge in [0.15, 0.2) is 0 Å². The van der Waals surface area contributed by atoms with Crippen LogP contribution in [-0.4, -0.2) is 50.5 Å². The molecular weight excluding hydrogens is 432 g/mol. The number of carbonyl (C=O) groups excluding carboxylic acids is 2. The number of rotatable bonds is 9. The predicted molar refractivity (Wildman–Crippen MR) is 126 cm³/mol. The van der Waals surface area contributed by atoms with Crippen LogP contribution in [0.5, 0.6) is 0 Å². The number of aromatic nitrogens is 1. The van der Waals surface area contributed by atoms with E-state index in [2.05, 4.69) is 4.98 Å². The Morgan fingerprint density at radius 3 is 2.09 bits per heavy atom. The molecule has 2 N–H and O–H groups in total. The molecule has 34 heavy (non-hydrogen) atoms. The zero-order valence-corrected chi connectivity index (χ0v) is 18.8. The highest BCUT2D eigenvalue weighted by molar-refractivity contribution is 6.21. The molecule has 0 unspecified atom stereocenters. The second-order valence-electron chi connectivity index (χ2n) is 8.53. The third kappa shape index (κ3) is 4.89. The van der Waals surface area contributed by atoms with Crippen molar-refractivity contribution in [1.29, 1.82) is 0 Å². The lowest BCUT2D eigenvalue weighted by molar-refractivity contribution is -0.146. The molecule has 2 heterocycles. The van der Waals surface area contributed by atoms with Gasteiger partial charge in [-0.05, 0) is 55.5 Å². The molecule has 3 aromatic rings. The third-order valence-electron chi connectivity index (χ3n) is 6.25. The smallest absolute Gasteiger partial charge is 0.309 e. The van der Waals surface area contributed by atoms with Gasteiger partial charge >= 0.3 is 5.97 Å². The Labute approximate surface area is 197 Å². The topological polar surface area (TPSA) is 108 Å². The first-order chi connectivity index (χ1) is 16.3. The fourth-order valence-corrected chi connectivity index (χ4v) is 4.21. The summed E-state index contributed by atoms with van der Waals surface area (Å²) in [7, 11) is 0. The summed E-state index contributed by atoms with van der Waals surface area (Å²) >= 11 is 0. The summed E-state index contributed by atoms with van der Waals surface area (Å²) in [5.41, 5.74) is 4.62. The summed E-state index contributed by atoms with van der Waals surface area (Å²) in [4.78, 5) is 42.2. The Morgan fingerprint density at radius 2 is 1.53 bits per heavy atom. The average Bonchev–Trinajstić information content (AvgIpc) is 3.08. The van der Waals surface area contributed by atoms with E-state index in [1.807, 2.05) is 49.5 Å². The van der Waals surface area contributed by atoms with Crippen LogP contribution < -0.4 is 0 Å². The van der Waals surface area contributed by atoms with Gasteiger partial charge in [-0.25, -0.2) is 0 Å². The lowest BCUT2D eigenvalue weighted by Gasteiger charge is -2.22. The van der Waals surface area contributed by atoms with Crippen LogP contribution in [0.4, 0.5) is 0 Å². The zero-order valence-electron chi connectivity index (χ0n) is 18.8. The van der Waals surface area contributed by atoms with Gasteiger partial charge in [-0.3, -0.25) is 24.3 Å². The number of carboxylic acids is 1. The van der Waals surface area contributed by atoms with Gasteiger partial charge < -0.3 is 10.2 Å². The minimum Gasteiger partial charge on any atom is -0.481 e. The lowest BCUT2D eigenvalue weighted by Crippen LogP contribution is -2.36. The van der Waals surface area contributed by atoms with Gasteiger partial charge in [0, 0.05) is 24.0 Å². The number of aryl methyl sites for hydroxylation is 2. The number of fused-ring (bicyclic) bond motifs is 1. The van der Waals surface area contributed by atoms with Gasteiger partial charge in [-0.15, -0.1) is 0 Å². The molecule has 7 nitrogen and oxygen atoms in total. The second-order valence-corrected chi connectivity index (χ2v) is 8.53. The largest absolute Gasteiger partial charge is 0.481 e. The first-order valence-corrected chi connectivity index (χ1v) is 11.2. The van der Waals surface area contributed by atoms with Gasteiger partial charge in [0.05, 0.1) is 23.1 Å². The van der Waals surface area contributed by atoms with Crippen molar-refractivity contribution in [1.82, 2.24) is 9.88 Å². The maximum atomic E-state index is 12.5. The fraction of sp³-hybridized carbons (Fsp3) is 0.259. The second kappa shape index (κ2) is 9.97. The van der Waals surface area contributed by atoms with Crippen molar-refractivity contribution in [3.05, 3.63) is 89.2 Å². The highest BCUT2D eigenvalue weighted by atomic mass is 16.4. The maximum absolute atomic E-state index is 12.5. The molecule has 0 saturated carbocycles. The first-order valence-electron chi connectivity index (χ1n) is 11.2. The van der Waals surface area contributed by atoms with E-state index in [4.69, 9.17) is 0 Å². The van der Waals surface area contributed by atoms with Crippen molar-refractivity contribution in [3.8, 4) is 11.1 Å². The van der Waals surface area contributed by atoms with Crippen LogP contribution in [0.25, 0.3) is 11.1 Å². The van der Waals surface area contributed by atoms with Crippen LogP contribution in [0.15, 0.2) is 66.9 Å². The Morgan fingerprint density at radius 1 is 0.912 bits per heavy atom. The van der Waals surface area contributed by atoms with E-state index in [1.54, 1.807) is 24.3 Å². The Hall–Kier alpha value is -3.84. The monoisotopic (exact) mass is 458 g/mol. The quantitative estimate of drug-likeness (QED) is 0.473. The van der Waals surface area contributed by atoms with E-state index < -0.39 is 29.8 Å².